The van der Waals surface area contributed by atoms with Crippen molar-refractivity contribution in [3.63, 3.8) is 0 Å². The van der Waals surface area contributed by atoms with E-state index in [0.717, 1.165) is 36.4 Å². The van der Waals surface area contributed by atoms with Crippen molar-refractivity contribution in [3.8, 4) is 0 Å². The van der Waals surface area contributed by atoms with Crippen LogP contribution >= 0.6 is 11.3 Å². The lowest BCUT2D eigenvalue weighted by Crippen LogP contribution is -2.31. The Morgan fingerprint density at radius 3 is 2.50 bits per heavy atom. The van der Waals surface area contributed by atoms with Gasteiger partial charge in [-0.15, -0.1) is 11.3 Å². The van der Waals surface area contributed by atoms with Gasteiger partial charge in [0, 0.05) is 24.4 Å². The molecule has 3 heterocycles. The summed E-state index contributed by atoms with van der Waals surface area (Å²) in [7, 11) is 0. The number of piperidine rings is 1. The lowest BCUT2D eigenvalue weighted by molar-refractivity contribution is -0.120. The van der Waals surface area contributed by atoms with Crippen molar-refractivity contribution in [1.29, 1.82) is 0 Å². The minimum atomic E-state index is 0.155. The molecule has 2 aliphatic rings. The highest BCUT2D eigenvalue weighted by Gasteiger charge is 2.23. The van der Waals surface area contributed by atoms with Gasteiger partial charge >= 0.3 is 0 Å². The zero-order valence-corrected chi connectivity index (χ0v) is 16.3. The summed E-state index contributed by atoms with van der Waals surface area (Å²) in [5, 5.41) is 6.56. The van der Waals surface area contributed by atoms with Crippen LogP contribution in [0.1, 0.15) is 64.2 Å². The van der Waals surface area contributed by atoms with E-state index in [-0.39, 0.29) is 11.8 Å². The lowest BCUT2D eigenvalue weighted by atomic mass is 9.90. The highest BCUT2D eigenvalue weighted by molar-refractivity contribution is 7.16. The van der Waals surface area contributed by atoms with E-state index in [9.17, 15) is 4.79 Å². The molecule has 2 aromatic heterocycles. The summed E-state index contributed by atoms with van der Waals surface area (Å²) in [5.74, 6) is 0.351. The van der Waals surface area contributed by atoms with Gasteiger partial charge in [-0.1, -0.05) is 32.1 Å². The topological polar surface area (TPSA) is 45.2 Å². The largest absolute Gasteiger partial charge is 0.369 e. The number of fused-ring (bicyclic) bond motifs is 1. The van der Waals surface area contributed by atoms with Crippen LogP contribution in [0.4, 0.5) is 11.4 Å². The molecule has 0 unspecified atom stereocenters. The fourth-order valence-corrected chi connectivity index (χ4v) is 5.15. The highest BCUT2D eigenvalue weighted by atomic mass is 32.1. The molecule has 1 N–H and O–H groups in total. The van der Waals surface area contributed by atoms with Crippen LogP contribution in [-0.4, -0.2) is 24.0 Å². The Labute approximate surface area is 160 Å². The van der Waals surface area contributed by atoms with Gasteiger partial charge in [-0.05, 0) is 43.6 Å². The maximum Gasteiger partial charge on any atom is 0.227 e. The predicted octanol–water partition coefficient (Wildman–Crippen LogP) is 5.59. The maximum absolute atomic E-state index is 13.0. The van der Waals surface area contributed by atoms with E-state index in [1.807, 2.05) is 6.20 Å². The molecule has 2 aromatic rings. The number of hydrogen-bond acceptors (Lipinski definition) is 4. The van der Waals surface area contributed by atoms with Crippen LogP contribution in [0, 0.1) is 5.92 Å². The summed E-state index contributed by atoms with van der Waals surface area (Å²) >= 11 is 1.68. The first kappa shape index (κ1) is 17.8. The van der Waals surface area contributed by atoms with Crippen LogP contribution < -0.4 is 10.2 Å². The van der Waals surface area contributed by atoms with E-state index >= 15 is 0 Å². The number of aromatic nitrogens is 1. The third kappa shape index (κ3) is 3.88. The predicted molar refractivity (Wildman–Crippen MR) is 110 cm³/mol. The average molecular weight is 372 g/mol. The molecule has 0 aromatic carbocycles. The second-order valence-electron chi connectivity index (χ2n) is 7.74. The van der Waals surface area contributed by atoms with Crippen molar-refractivity contribution in [2.24, 2.45) is 5.92 Å². The molecule has 0 bridgehead atoms. The van der Waals surface area contributed by atoms with Crippen LogP contribution in [0.15, 0.2) is 17.6 Å². The van der Waals surface area contributed by atoms with Crippen molar-refractivity contribution in [1.82, 2.24) is 4.98 Å². The Balaban J connectivity index is 1.59. The molecule has 26 heavy (non-hydrogen) atoms. The normalized spacial score (nSPS) is 19.9. The monoisotopic (exact) mass is 371 g/mol. The van der Waals surface area contributed by atoms with Gasteiger partial charge in [-0.3, -0.25) is 4.79 Å². The SMILES string of the molecule is O=C(Nc1cnc2sccc2c1N1CCCCC1)C1CCCCCCC1. The summed E-state index contributed by atoms with van der Waals surface area (Å²) < 4.78 is 0. The van der Waals surface area contributed by atoms with Crippen LogP contribution in [-0.2, 0) is 4.79 Å². The molecule has 140 valence electrons. The molecule has 1 aliphatic carbocycles. The smallest absolute Gasteiger partial charge is 0.227 e. The molecule has 5 heteroatoms. The van der Waals surface area contributed by atoms with Crippen molar-refractivity contribution < 1.29 is 4.79 Å². The molecule has 1 saturated carbocycles. The van der Waals surface area contributed by atoms with Crippen molar-refractivity contribution in [2.75, 3.05) is 23.3 Å². The number of thiophene rings is 1. The molecule has 0 atom stereocenters. The third-order valence-electron chi connectivity index (χ3n) is 5.87. The first-order valence-corrected chi connectivity index (χ1v) is 11.1. The number of amides is 1. The number of hydrogen-bond donors (Lipinski definition) is 1. The number of carbonyl (C=O) groups excluding carboxylic acids is 1. The number of nitrogens with zero attached hydrogens (tertiary/aromatic N) is 2. The Morgan fingerprint density at radius 1 is 1.04 bits per heavy atom. The van der Waals surface area contributed by atoms with Crippen LogP contribution in [0.3, 0.4) is 0 Å². The van der Waals surface area contributed by atoms with Gasteiger partial charge in [-0.2, -0.15) is 0 Å². The summed E-state index contributed by atoms with van der Waals surface area (Å²) in [4.78, 5) is 21.1. The average Bonchev–Trinajstić information content (AvgIpc) is 3.10. The molecule has 4 nitrogen and oxygen atoms in total. The number of pyridine rings is 1. The van der Waals surface area contributed by atoms with Gasteiger partial charge in [0.05, 0.1) is 17.6 Å². The minimum absolute atomic E-state index is 0.155. The molecule has 1 saturated heterocycles. The van der Waals surface area contributed by atoms with Gasteiger partial charge in [0.1, 0.15) is 4.83 Å². The third-order valence-corrected chi connectivity index (χ3v) is 6.69. The molecule has 4 rings (SSSR count). The quantitative estimate of drug-likeness (QED) is 0.765. The van der Waals surface area contributed by atoms with E-state index in [1.54, 1.807) is 11.3 Å². The minimum Gasteiger partial charge on any atom is -0.369 e. The molecule has 1 aliphatic heterocycles. The highest BCUT2D eigenvalue weighted by Crippen LogP contribution is 2.37. The molecule has 1 amide bonds. The van der Waals surface area contributed by atoms with Crippen LogP contribution in [0.2, 0.25) is 0 Å². The first-order valence-electron chi connectivity index (χ1n) is 10.2. The number of anilines is 2. The molecule has 2 fully saturated rings. The molecular formula is C21H29N3OS. The molecule has 0 spiro atoms. The molecular weight excluding hydrogens is 342 g/mol. The van der Waals surface area contributed by atoms with Crippen molar-refractivity contribution >= 4 is 38.8 Å². The molecule has 0 radical (unpaired) electrons. The summed E-state index contributed by atoms with van der Waals surface area (Å²) in [6.07, 6.45) is 13.9. The maximum atomic E-state index is 13.0. The lowest BCUT2D eigenvalue weighted by Gasteiger charge is -2.31. The first-order chi connectivity index (χ1) is 12.8. The van der Waals surface area contributed by atoms with Gasteiger partial charge in [0.25, 0.3) is 0 Å². The van der Waals surface area contributed by atoms with Gasteiger partial charge in [0.2, 0.25) is 5.91 Å². The fourth-order valence-electron chi connectivity index (χ4n) is 4.41. The van der Waals surface area contributed by atoms with E-state index in [2.05, 4.69) is 26.6 Å². The Bertz CT molecular complexity index is 743. The van der Waals surface area contributed by atoms with E-state index < -0.39 is 0 Å². The number of carbonyl (C=O) groups is 1. The number of nitrogens with one attached hydrogen (secondary N) is 1. The summed E-state index contributed by atoms with van der Waals surface area (Å²) in [6, 6.07) is 2.16. The summed E-state index contributed by atoms with van der Waals surface area (Å²) in [5.41, 5.74) is 2.10. The van der Waals surface area contributed by atoms with E-state index in [1.165, 1.54) is 62.4 Å². The van der Waals surface area contributed by atoms with Gasteiger partial charge in [0.15, 0.2) is 0 Å². The van der Waals surface area contributed by atoms with Crippen molar-refractivity contribution in [2.45, 2.75) is 64.2 Å². The van der Waals surface area contributed by atoms with E-state index in [4.69, 9.17) is 0 Å². The van der Waals surface area contributed by atoms with E-state index in [0.29, 0.717) is 0 Å². The van der Waals surface area contributed by atoms with Crippen LogP contribution in [0.5, 0.6) is 0 Å². The number of rotatable bonds is 3. The van der Waals surface area contributed by atoms with Crippen LogP contribution in [0.25, 0.3) is 10.2 Å². The standard InChI is InChI=1S/C21H29N3OS/c25-20(16-9-5-2-1-3-6-10-16)23-18-15-22-21-17(11-14-26-21)19(18)24-12-7-4-8-13-24/h11,14-16H,1-10,12-13H2,(H,23,25). The second kappa shape index (κ2) is 8.38. The summed E-state index contributed by atoms with van der Waals surface area (Å²) in [6.45, 7) is 2.14. The van der Waals surface area contributed by atoms with Crippen molar-refractivity contribution in [3.05, 3.63) is 17.6 Å². The zero-order chi connectivity index (χ0) is 17.8. The Morgan fingerprint density at radius 2 is 1.73 bits per heavy atom. The van der Waals surface area contributed by atoms with Gasteiger partial charge < -0.3 is 10.2 Å². The second-order valence-corrected chi connectivity index (χ2v) is 8.63. The Hall–Kier alpha value is -1.62. The van der Waals surface area contributed by atoms with Gasteiger partial charge in [-0.25, -0.2) is 4.98 Å². The Kier molecular flexibility index (Phi) is 5.73. The fraction of sp³-hybridized carbons (Fsp3) is 0.619. The zero-order valence-electron chi connectivity index (χ0n) is 15.5.